The van der Waals surface area contributed by atoms with E-state index in [-0.39, 0.29) is 40.5 Å². The van der Waals surface area contributed by atoms with Gasteiger partial charge in [0, 0.05) is 36.8 Å². The van der Waals surface area contributed by atoms with Crippen molar-refractivity contribution in [2.24, 2.45) is 5.41 Å². The highest BCUT2D eigenvalue weighted by molar-refractivity contribution is 5.98. The predicted molar refractivity (Wildman–Crippen MR) is 124 cm³/mol. The van der Waals surface area contributed by atoms with Gasteiger partial charge in [-0.05, 0) is 12.1 Å². The first kappa shape index (κ1) is 25.1. The summed E-state index contributed by atoms with van der Waals surface area (Å²) in [4.78, 5) is 22.9. The molecule has 2 aliphatic heterocycles. The van der Waals surface area contributed by atoms with E-state index in [9.17, 15) is 22.4 Å². The summed E-state index contributed by atoms with van der Waals surface area (Å²) in [5.41, 5.74) is 4.32. The standard InChI is InChI=1S/C23H25F4N7O3/c1-22(9-37-10-22)8-33-6-15(24)16(7-33)32-20(35)13-3-12(5-29-21(13)36-2)17-4-14(23(25,26)27)18-19(28)30-11-31-34(17)18/h3-5,11,15-16H,6-10H2,1-2H3,(H,32,35)(H2,28,30,31). The van der Waals surface area contributed by atoms with E-state index in [1.165, 1.54) is 19.4 Å². The van der Waals surface area contributed by atoms with Gasteiger partial charge in [0.25, 0.3) is 5.91 Å². The number of ether oxygens (including phenoxy) is 2. The van der Waals surface area contributed by atoms with E-state index in [0.29, 0.717) is 26.3 Å². The van der Waals surface area contributed by atoms with Crippen LogP contribution in [0, 0.1) is 5.41 Å². The number of hydrogen-bond donors (Lipinski definition) is 2. The Morgan fingerprint density at radius 3 is 2.70 bits per heavy atom. The first-order valence-corrected chi connectivity index (χ1v) is 11.5. The number of methoxy groups -OCH3 is 1. The van der Waals surface area contributed by atoms with E-state index in [1.807, 2.05) is 4.90 Å². The zero-order valence-electron chi connectivity index (χ0n) is 20.0. The van der Waals surface area contributed by atoms with Crippen molar-refractivity contribution in [2.45, 2.75) is 25.3 Å². The maximum absolute atomic E-state index is 14.8. The van der Waals surface area contributed by atoms with Crippen LogP contribution >= 0.6 is 0 Å². The highest BCUT2D eigenvalue weighted by atomic mass is 19.4. The molecule has 5 heterocycles. The molecule has 10 nitrogen and oxygen atoms in total. The number of hydrogen-bond acceptors (Lipinski definition) is 8. The Labute approximate surface area is 208 Å². The third-order valence-corrected chi connectivity index (χ3v) is 6.62. The molecule has 3 N–H and O–H groups in total. The summed E-state index contributed by atoms with van der Waals surface area (Å²) >= 11 is 0. The Hall–Kier alpha value is -3.52. The van der Waals surface area contributed by atoms with Crippen LogP contribution in [0.4, 0.5) is 23.4 Å². The van der Waals surface area contributed by atoms with Gasteiger partial charge in [0.2, 0.25) is 5.88 Å². The van der Waals surface area contributed by atoms with E-state index in [1.54, 1.807) is 0 Å². The molecule has 198 valence electrons. The SMILES string of the molecule is COc1ncc(-c2cc(C(F)(F)F)c3c(N)ncnn23)cc1C(=O)NC1CN(CC2(C)COC2)CC1F. The Morgan fingerprint density at radius 2 is 2.05 bits per heavy atom. The van der Waals surface area contributed by atoms with Gasteiger partial charge in [0.15, 0.2) is 5.82 Å². The van der Waals surface area contributed by atoms with Gasteiger partial charge in [-0.1, -0.05) is 6.92 Å². The topological polar surface area (TPSA) is 120 Å². The van der Waals surface area contributed by atoms with Crippen molar-refractivity contribution in [3.05, 3.63) is 35.8 Å². The number of nitrogens with two attached hydrogens (primary N) is 1. The number of anilines is 1. The van der Waals surface area contributed by atoms with E-state index in [4.69, 9.17) is 15.2 Å². The average molecular weight is 523 g/mol. The van der Waals surface area contributed by atoms with Crippen LogP contribution in [0.25, 0.3) is 16.8 Å². The summed E-state index contributed by atoms with van der Waals surface area (Å²) in [5, 5.41) is 6.60. The molecule has 0 aromatic carbocycles. The number of carbonyl (C=O) groups excluding carboxylic acids is 1. The number of amides is 1. The van der Waals surface area contributed by atoms with Crippen molar-refractivity contribution in [3.8, 4) is 17.1 Å². The van der Waals surface area contributed by atoms with Crippen LogP contribution in [0.15, 0.2) is 24.7 Å². The Morgan fingerprint density at radius 1 is 1.30 bits per heavy atom. The van der Waals surface area contributed by atoms with Crippen LogP contribution in [-0.4, -0.2) is 82.6 Å². The second kappa shape index (κ2) is 9.10. The molecule has 0 radical (unpaired) electrons. The fraction of sp³-hybridized carbons (Fsp3) is 0.478. The maximum Gasteiger partial charge on any atom is 0.418 e. The minimum absolute atomic E-state index is 0.00741. The molecule has 0 aliphatic carbocycles. The van der Waals surface area contributed by atoms with E-state index in [0.717, 1.165) is 16.9 Å². The summed E-state index contributed by atoms with van der Waals surface area (Å²) in [5.74, 6) is -1.07. The van der Waals surface area contributed by atoms with Gasteiger partial charge in [-0.2, -0.15) is 18.3 Å². The molecule has 0 saturated carbocycles. The molecule has 2 atom stereocenters. The molecule has 3 aromatic rings. The number of rotatable bonds is 6. The maximum atomic E-state index is 14.8. The van der Waals surface area contributed by atoms with Crippen LogP contribution in [0.5, 0.6) is 5.88 Å². The number of fused-ring (bicyclic) bond motifs is 1. The number of nitrogens with one attached hydrogen (secondary N) is 1. The number of aromatic nitrogens is 4. The first-order valence-electron chi connectivity index (χ1n) is 11.5. The summed E-state index contributed by atoms with van der Waals surface area (Å²) in [7, 11) is 1.30. The molecule has 2 aliphatic rings. The van der Waals surface area contributed by atoms with Crippen molar-refractivity contribution < 1.29 is 31.8 Å². The van der Waals surface area contributed by atoms with E-state index < -0.39 is 35.4 Å². The van der Waals surface area contributed by atoms with Gasteiger partial charge in [0.05, 0.1) is 37.6 Å². The Bertz CT molecular complexity index is 1340. The van der Waals surface area contributed by atoms with Gasteiger partial charge >= 0.3 is 6.18 Å². The molecule has 1 amide bonds. The second-order valence-electron chi connectivity index (χ2n) is 9.72. The third kappa shape index (κ3) is 4.66. The van der Waals surface area contributed by atoms with Gasteiger partial charge in [0.1, 0.15) is 23.6 Å². The molecule has 2 unspecified atom stereocenters. The van der Waals surface area contributed by atoms with E-state index >= 15 is 0 Å². The third-order valence-electron chi connectivity index (χ3n) is 6.62. The number of nitrogen functional groups attached to an aromatic ring is 1. The Kier molecular flexibility index (Phi) is 6.18. The average Bonchev–Trinajstić information content (AvgIpc) is 3.38. The van der Waals surface area contributed by atoms with Crippen LogP contribution in [0.2, 0.25) is 0 Å². The van der Waals surface area contributed by atoms with Crippen molar-refractivity contribution in [2.75, 3.05) is 45.7 Å². The number of carbonyl (C=O) groups is 1. The summed E-state index contributed by atoms with van der Waals surface area (Å²) in [6, 6.07) is 1.42. The van der Waals surface area contributed by atoms with Crippen molar-refractivity contribution in [1.29, 1.82) is 0 Å². The lowest BCUT2D eigenvalue weighted by Crippen LogP contribution is -2.49. The number of nitrogens with zero attached hydrogens (tertiary/aromatic N) is 5. The summed E-state index contributed by atoms with van der Waals surface area (Å²) < 4.78 is 67.4. The van der Waals surface area contributed by atoms with Gasteiger partial charge < -0.3 is 20.5 Å². The van der Waals surface area contributed by atoms with Crippen LogP contribution in [-0.2, 0) is 10.9 Å². The van der Waals surface area contributed by atoms with Gasteiger partial charge in [-0.3, -0.25) is 9.69 Å². The second-order valence-corrected chi connectivity index (χ2v) is 9.72. The number of alkyl halides is 4. The van der Waals surface area contributed by atoms with Crippen LogP contribution in [0.3, 0.4) is 0 Å². The number of pyridine rings is 1. The van der Waals surface area contributed by atoms with E-state index in [2.05, 4.69) is 27.3 Å². The zero-order valence-corrected chi connectivity index (χ0v) is 20.0. The number of likely N-dealkylation sites (tertiary alicyclic amines) is 1. The lowest BCUT2D eigenvalue weighted by atomic mass is 9.88. The molecule has 14 heteroatoms. The molecule has 0 bridgehead atoms. The van der Waals surface area contributed by atoms with Gasteiger partial charge in [-0.15, -0.1) is 0 Å². The smallest absolute Gasteiger partial charge is 0.418 e. The van der Waals surface area contributed by atoms with Crippen LogP contribution < -0.4 is 15.8 Å². The van der Waals surface area contributed by atoms with Gasteiger partial charge in [-0.25, -0.2) is 18.9 Å². The van der Waals surface area contributed by atoms with Crippen molar-refractivity contribution >= 4 is 17.2 Å². The highest BCUT2D eigenvalue weighted by Crippen LogP contribution is 2.39. The fourth-order valence-corrected chi connectivity index (χ4v) is 4.84. The van der Waals surface area contributed by atoms with Crippen LogP contribution in [0.1, 0.15) is 22.8 Å². The monoisotopic (exact) mass is 523 g/mol. The first-order chi connectivity index (χ1) is 17.5. The molecule has 0 spiro atoms. The predicted octanol–water partition coefficient (Wildman–Crippen LogP) is 2.19. The Balaban J connectivity index is 1.44. The molecular formula is C23H25F4N7O3. The minimum Gasteiger partial charge on any atom is -0.480 e. The van der Waals surface area contributed by atoms with Crippen molar-refractivity contribution in [1.82, 2.24) is 29.8 Å². The number of halogens is 4. The zero-order chi connectivity index (χ0) is 26.5. The largest absolute Gasteiger partial charge is 0.480 e. The highest BCUT2D eigenvalue weighted by Gasteiger charge is 2.41. The minimum atomic E-state index is -4.73. The lowest BCUT2D eigenvalue weighted by Gasteiger charge is -2.40. The molecule has 2 saturated heterocycles. The molecule has 2 fully saturated rings. The molecule has 37 heavy (non-hydrogen) atoms. The molecule has 5 rings (SSSR count). The fourth-order valence-electron chi connectivity index (χ4n) is 4.84. The molecular weight excluding hydrogens is 498 g/mol. The summed E-state index contributed by atoms with van der Waals surface area (Å²) in [6.07, 6.45) is -3.73. The van der Waals surface area contributed by atoms with Crippen molar-refractivity contribution in [3.63, 3.8) is 0 Å². The normalized spacial score (nSPS) is 21.7. The molecule has 3 aromatic heterocycles. The summed E-state index contributed by atoms with van der Waals surface area (Å²) in [6.45, 7) is 4.40. The quantitative estimate of drug-likeness (QED) is 0.472. The lowest BCUT2D eigenvalue weighted by molar-refractivity contribution is -0.136.